The van der Waals surface area contributed by atoms with Crippen LogP contribution in [0.15, 0.2) is 30.3 Å². The number of hydrogen-bond acceptors (Lipinski definition) is 3. The molecule has 1 atom stereocenters. The molecule has 0 fully saturated rings. The quantitative estimate of drug-likeness (QED) is 0.717. The number of hydrogen-bond donors (Lipinski definition) is 3. The van der Waals surface area contributed by atoms with E-state index < -0.39 is 5.60 Å². The summed E-state index contributed by atoms with van der Waals surface area (Å²) in [5.41, 5.74) is 0.194. The first-order valence-corrected chi connectivity index (χ1v) is 7.70. The minimum Gasteiger partial charge on any atom is -0.388 e. The number of carbonyl (C=O) groups is 1. The zero-order chi connectivity index (χ0) is 14.1. The fraction of sp³-hybridized carbons (Fsp3) is 0.500. The summed E-state index contributed by atoms with van der Waals surface area (Å²) in [6, 6.07) is 9.45. The van der Waals surface area contributed by atoms with Gasteiger partial charge in [0.25, 0.3) is 0 Å². The molecule has 0 saturated heterocycles. The number of urea groups is 1. The summed E-state index contributed by atoms with van der Waals surface area (Å²) in [4.78, 5) is 11.6. The highest BCUT2D eigenvalue weighted by molar-refractivity contribution is 7.98. The van der Waals surface area contributed by atoms with Crippen LogP contribution in [0.25, 0.3) is 0 Å². The molecule has 0 heterocycles. The Morgan fingerprint density at radius 3 is 2.63 bits per heavy atom. The number of nitrogens with one attached hydrogen (secondary N) is 2. The molecule has 106 valence electrons. The zero-order valence-electron chi connectivity index (χ0n) is 11.5. The van der Waals surface area contributed by atoms with Crippen LogP contribution in [-0.4, -0.2) is 35.3 Å². The number of benzene rings is 1. The van der Waals surface area contributed by atoms with Gasteiger partial charge in [0.05, 0.1) is 5.60 Å². The van der Waals surface area contributed by atoms with Crippen molar-refractivity contribution in [2.75, 3.05) is 18.6 Å². The Morgan fingerprint density at radius 2 is 2.00 bits per heavy atom. The van der Waals surface area contributed by atoms with E-state index in [-0.39, 0.29) is 12.6 Å². The van der Waals surface area contributed by atoms with Crippen molar-refractivity contribution in [2.45, 2.75) is 25.5 Å². The van der Waals surface area contributed by atoms with Crippen LogP contribution in [0, 0.1) is 0 Å². The lowest BCUT2D eigenvalue weighted by Crippen LogP contribution is -2.44. The highest BCUT2D eigenvalue weighted by atomic mass is 32.2. The van der Waals surface area contributed by atoms with Crippen LogP contribution < -0.4 is 10.6 Å². The van der Waals surface area contributed by atoms with Crippen molar-refractivity contribution in [1.29, 1.82) is 0 Å². The fourth-order valence-electron chi connectivity index (χ4n) is 1.52. The van der Waals surface area contributed by atoms with E-state index in [9.17, 15) is 9.90 Å². The van der Waals surface area contributed by atoms with Gasteiger partial charge in [-0.2, -0.15) is 11.8 Å². The van der Waals surface area contributed by atoms with E-state index in [4.69, 9.17) is 0 Å². The molecule has 0 aliphatic rings. The van der Waals surface area contributed by atoms with Crippen LogP contribution in [0.3, 0.4) is 0 Å². The Kier molecular flexibility index (Phi) is 6.73. The molecule has 19 heavy (non-hydrogen) atoms. The molecule has 0 aliphatic heterocycles. The minimum absolute atomic E-state index is 0.256. The predicted octanol–water partition coefficient (Wildman–Crippen LogP) is 1.99. The van der Waals surface area contributed by atoms with Gasteiger partial charge < -0.3 is 15.7 Å². The summed E-state index contributed by atoms with van der Waals surface area (Å²) in [5, 5.41) is 15.5. The minimum atomic E-state index is -0.854. The Labute approximate surface area is 119 Å². The average molecular weight is 282 g/mol. The third-order valence-corrected chi connectivity index (χ3v) is 3.38. The molecule has 0 radical (unpaired) electrons. The van der Waals surface area contributed by atoms with E-state index in [0.717, 1.165) is 11.3 Å². The van der Waals surface area contributed by atoms with Gasteiger partial charge in [0.1, 0.15) is 0 Å². The summed E-state index contributed by atoms with van der Waals surface area (Å²) in [5.74, 6) is 0.875. The zero-order valence-corrected chi connectivity index (χ0v) is 12.3. The van der Waals surface area contributed by atoms with Gasteiger partial charge in [0.15, 0.2) is 0 Å². The Morgan fingerprint density at radius 1 is 1.32 bits per heavy atom. The molecule has 0 saturated carbocycles. The summed E-state index contributed by atoms with van der Waals surface area (Å²) < 4.78 is 0. The molecule has 5 heteroatoms. The smallest absolute Gasteiger partial charge is 0.315 e. The molecule has 0 bridgehead atoms. The molecular weight excluding hydrogens is 260 g/mol. The number of rotatable bonds is 7. The summed E-state index contributed by atoms with van der Waals surface area (Å²) in [6.07, 6.45) is 2.66. The van der Waals surface area contributed by atoms with E-state index in [2.05, 4.69) is 10.6 Å². The molecule has 4 nitrogen and oxygen atoms in total. The average Bonchev–Trinajstić information content (AvgIpc) is 2.42. The van der Waals surface area contributed by atoms with E-state index in [1.54, 1.807) is 18.7 Å². The summed E-state index contributed by atoms with van der Waals surface area (Å²) >= 11 is 1.68. The van der Waals surface area contributed by atoms with Crippen LogP contribution in [0.1, 0.15) is 18.9 Å². The van der Waals surface area contributed by atoms with Gasteiger partial charge in [0.2, 0.25) is 0 Å². The maximum Gasteiger partial charge on any atom is 0.315 e. The predicted molar refractivity (Wildman–Crippen MR) is 80.3 cm³/mol. The highest BCUT2D eigenvalue weighted by Crippen LogP contribution is 2.11. The fourth-order valence-corrected chi connectivity index (χ4v) is 2.17. The van der Waals surface area contributed by atoms with Crippen molar-refractivity contribution >= 4 is 17.8 Å². The van der Waals surface area contributed by atoms with Gasteiger partial charge in [-0.3, -0.25) is 0 Å². The van der Waals surface area contributed by atoms with Crippen molar-refractivity contribution in [2.24, 2.45) is 0 Å². The lowest BCUT2D eigenvalue weighted by Gasteiger charge is -2.23. The van der Waals surface area contributed by atoms with Crippen molar-refractivity contribution < 1.29 is 9.90 Å². The second-order valence-corrected chi connectivity index (χ2v) is 5.75. The van der Waals surface area contributed by atoms with Crippen molar-refractivity contribution in [3.63, 3.8) is 0 Å². The Bertz CT molecular complexity index is 382. The standard InChI is InChI=1S/C14H22N2O2S/c1-14(18,8-9-19-2)11-16-13(17)15-10-12-6-4-3-5-7-12/h3-7,18H,8-11H2,1-2H3,(H2,15,16,17)/t14-/m1/s1. The maximum atomic E-state index is 11.6. The largest absolute Gasteiger partial charge is 0.388 e. The van der Waals surface area contributed by atoms with E-state index in [1.807, 2.05) is 36.6 Å². The first-order chi connectivity index (χ1) is 9.03. The van der Waals surface area contributed by atoms with Crippen molar-refractivity contribution in [1.82, 2.24) is 10.6 Å². The molecule has 1 aromatic carbocycles. The van der Waals surface area contributed by atoms with Gasteiger partial charge in [-0.25, -0.2) is 4.79 Å². The molecule has 1 aromatic rings. The van der Waals surface area contributed by atoms with Crippen LogP contribution in [0.2, 0.25) is 0 Å². The molecule has 2 amide bonds. The molecule has 0 aromatic heterocycles. The molecule has 1 rings (SSSR count). The number of carbonyl (C=O) groups excluding carboxylic acids is 1. The summed E-state index contributed by atoms with van der Waals surface area (Å²) in [6.45, 7) is 2.48. The van der Waals surface area contributed by atoms with Crippen LogP contribution in [-0.2, 0) is 6.54 Å². The number of thioether (sulfide) groups is 1. The van der Waals surface area contributed by atoms with Gasteiger partial charge in [-0.1, -0.05) is 30.3 Å². The second-order valence-electron chi connectivity index (χ2n) is 4.76. The van der Waals surface area contributed by atoms with Gasteiger partial charge in [0, 0.05) is 13.1 Å². The van der Waals surface area contributed by atoms with Crippen molar-refractivity contribution in [3.8, 4) is 0 Å². The molecule has 0 aliphatic carbocycles. The SMILES string of the molecule is CSCC[C@@](C)(O)CNC(=O)NCc1ccccc1. The third kappa shape index (κ3) is 7.08. The lowest BCUT2D eigenvalue weighted by atomic mass is 10.0. The second kappa shape index (κ2) is 8.07. The van der Waals surface area contributed by atoms with Gasteiger partial charge in [-0.15, -0.1) is 0 Å². The van der Waals surface area contributed by atoms with E-state index >= 15 is 0 Å². The highest BCUT2D eigenvalue weighted by Gasteiger charge is 2.20. The van der Waals surface area contributed by atoms with Crippen molar-refractivity contribution in [3.05, 3.63) is 35.9 Å². The molecular formula is C14H22N2O2S. The van der Waals surface area contributed by atoms with Crippen LogP contribution in [0.5, 0.6) is 0 Å². The normalized spacial score (nSPS) is 13.6. The number of aliphatic hydroxyl groups is 1. The molecule has 0 spiro atoms. The maximum absolute atomic E-state index is 11.6. The molecule has 0 unspecified atom stereocenters. The number of amides is 2. The topological polar surface area (TPSA) is 61.4 Å². The Hall–Kier alpha value is -1.20. The molecule has 3 N–H and O–H groups in total. The third-order valence-electron chi connectivity index (χ3n) is 2.77. The monoisotopic (exact) mass is 282 g/mol. The van der Waals surface area contributed by atoms with Gasteiger partial charge in [-0.05, 0) is 30.9 Å². The van der Waals surface area contributed by atoms with Crippen LogP contribution in [0.4, 0.5) is 4.79 Å². The first-order valence-electron chi connectivity index (χ1n) is 6.30. The summed E-state index contributed by atoms with van der Waals surface area (Å²) in [7, 11) is 0. The first kappa shape index (κ1) is 15.9. The Balaban J connectivity index is 2.24. The lowest BCUT2D eigenvalue weighted by molar-refractivity contribution is 0.0594. The van der Waals surface area contributed by atoms with E-state index in [1.165, 1.54) is 0 Å². The van der Waals surface area contributed by atoms with Gasteiger partial charge >= 0.3 is 6.03 Å². The van der Waals surface area contributed by atoms with Crippen LogP contribution >= 0.6 is 11.8 Å². The van der Waals surface area contributed by atoms with E-state index in [0.29, 0.717) is 13.0 Å².